The second kappa shape index (κ2) is 7.33. The summed E-state index contributed by atoms with van der Waals surface area (Å²) in [5.41, 5.74) is 0.459. The highest BCUT2D eigenvalue weighted by Crippen LogP contribution is 2.38. The second-order valence-corrected chi connectivity index (χ2v) is 6.73. The summed E-state index contributed by atoms with van der Waals surface area (Å²) in [6, 6.07) is 6.21. The molecule has 0 aliphatic carbocycles. The van der Waals surface area contributed by atoms with E-state index in [0.29, 0.717) is 5.69 Å². The van der Waals surface area contributed by atoms with E-state index in [1.807, 2.05) is 13.0 Å². The Bertz CT molecular complexity index is 624. The zero-order chi connectivity index (χ0) is 17.9. The molecule has 132 valence electrons. The van der Waals surface area contributed by atoms with Crippen LogP contribution >= 0.6 is 11.8 Å². The zero-order valence-corrected chi connectivity index (χ0v) is 13.7. The van der Waals surface area contributed by atoms with Crippen LogP contribution in [0.15, 0.2) is 29.2 Å². The van der Waals surface area contributed by atoms with Gasteiger partial charge in [-0.05, 0) is 24.0 Å². The van der Waals surface area contributed by atoms with Crippen molar-refractivity contribution >= 4 is 29.4 Å². The number of benzene rings is 1. The van der Waals surface area contributed by atoms with E-state index in [1.165, 1.54) is 0 Å². The Balaban J connectivity index is 2.08. The smallest absolute Gasteiger partial charge is 0.394 e. The summed E-state index contributed by atoms with van der Waals surface area (Å²) in [5.74, 6) is -4.40. The molecule has 0 aromatic heterocycles. The van der Waals surface area contributed by atoms with E-state index < -0.39 is 43.1 Å². The molecule has 1 aliphatic rings. The Kier molecular flexibility index (Phi) is 5.63. The number of rotatable bonds is 4. The molecule has 1 aromatic carbocycles. The average molecular weight is 362 g/mol. The molecule has 1 saturated heterocycles. The molecule has 1 fully saturated rings. The van der Waals surface area contributed by atoms with E-state index in [2.05, 4.69) is 5.32 Å². The Labute approximate surface area is 141 Å². The van der Waals surface area contributed by atoms with Crippen LogP contribution in [-0.2, 0) is 4.79 Å². The lowest BCUT2D eigenvalue weighted by Crippen LogP contribution is -2.35. The fraction of sp³-hybridized carbons (Fsp3) is 0.467. The summed E-state index contributed by atoms with van der Waals surface area (Å²) in [5, 5.41) is 11.5. The van der Waals surface area contributed by atoms with E-state index in [-0.39, 0.29) is 0 Å². The summed E-state index contributed by atoms with van der Waals surface area (Å²) < 4.78 is 38.8. The average Bonchev–Trinajstić information content (AvgIpc) is 2.93. The molecule has 2 amide bonds. The van der Waals surface area contributed by atoms with Crippen LogP contribution in [0, 0.1) is 11.8 Å². The molecule has 24 heavy (non-hydrogen) atoms. The molecule has 2 rings (SSSR count). The lowest BCUT2D eigenvalue weighted by molar-refractivity contribution is -0.187. The van der Waals surface area contributed by atoms with Crippen molar-refractivity contribution in [3.63, 3.8) is 0 Å². The van der Waals surface area contributed by atoms with Gasteiger partial charge in [-0.15, -0.1) is 11.8 Å². The van der Waals surface area contributed by atoms with Crippen molar-refractivity contribution in [3.05, 3.63) is 24.3 Å². The third kappa shape index (κ3) is 4.34. The molecule has 1 aromatic rings. The number of amides is 2. The number of anilines is 1. The number of hydrogen-bond donors (Lipinski definition) is 2. The van der Waals surface area contributed by atoms with Gasteiger partial charge in [-0.2, -0.15) is 13.2 Å². The van der Waals surface area contributed by atoms with E-state index in [0.717, 1.165) is 15.5 Å². The van der Waals surface area contributed by atoms with Crippen LogP contribution in [0.5, 0.6) is 0 Å². The van der Waals surface area contributed by atoms with Crippen LogP contribution in [0.3, 0.4) is 0 Å². The first kappa shape index (κ1) is 18.4. The minimum absolute atomic E-state index is 0.459. The van der Waals surface area contributed by atoms with E-state index >= 15 is 0 Å². The van der Waals surface area contributed by atoms with Gasteiger partial charge in [0.25, 0.3) is 0 Å². The molecule has 5 nitrogen and oxygen atoms in total. The quantitative estimate of drug-likeness (QED) is 0.804. The highest BCUT2D eigenvalue weighted by atomic mass is 32.2. The van der Waals surface area contributed by atoms with Crippen molar-refractivity contribution in [2.45, 2.75) is 18.0 Å². The van der Waals surface area contributed by atoms with Crippen molar-refractivity contribution in [2.75, 3.05) is 24.2 Å². The van der Waals surface area contributed by atoms with Crippen molar-refractivity contribution in [2.24, 2.45) is 11.8 Å². The van der Waals surface area contributed by atoms with Gasteiger partial charge in [0.05, 0.1) is 11.8 Å². The number of aliphatic carboxylic acids is 1. The van der Waals surface area contributed by atoms with Gasteiger partial charge in [-0.25, -0.2) is 4.79 Å². The van der Waals surface area contributed by atoms with Crippen molar-refractivity contribution in [3.8, 4) is 0 Å². The zero-order valence-electron chi connectivity index (χ0n) is 12.8. The molecule has 0 bridgehead atoms. The molecule has 9 heteroatoms. The predicted octanol–water partition coefficient (Wildman–Crippen LogP) is 3.53. The van der Waals surface area contributed by atoms with E-state index in [9.17, 15) is 22.8 Å². The van der Waals surface area contributed by atoms with Crippen LogP contribution in [0.1, 0.15) is 6.92 Å². The van der Waals surface area contributed by atoms with Gasteiger partial charge in [-0.3, -0.25) is 4.79 Å². The Morgan fingerprint density at radius 2 is 2.08 bits per heavy atom. The SMILES string of the molecule is CCSc1cccc(NC(=O)N2C[C@@H](C(F)(F)F)[C@H](C(=O)O)C2)c1. The fourth-order valence-electron chi connectivity index (χ4n) is 2.58. The molecule has 0 saturated carbocycles. The van der Waals surface area contributed by atoms with Gasteiger partial charge < -0.3 is 15.3 Å². The van der Waals surface area contributed by atoms with Gasteiger partial charge in [0, 0.05) is 23.7 Å². The highest BCUT2D eigenvalue weighted by Gasteiger charge is 2.53. The van der Waals surface area contributed by atoms with Crippen molar-refractivity contribution in [1.29, 1.82) is 0 Å². The van der Waals surface area contributed by atoms with Gasteiger partial charge in [0.15, 0.2) is 0 Å². The molecule has 2 N–H and O–H groups in total. The number of nitrogens with one attached hydrogen (secondary N) is 1. The standard InChI is InChI=1S/C15H17F3N2O3S/c1-2-24-10-5-3-4-9(6-10)19-14(23)20-7-11(13(21)22)12(8-20)15(16,17)18/h3-6,11-12H,2,7-8H2,1H3,(H,19,23)(H,21,22)/t11-,12-/m1/s1. The minimum atomic E-state index is -4.66. The first-order chi connectivity index (χ1) is 11.2. The van der Waals surface area contributed by atoms with Gasteiger partial charge >= 0.3 is 18.2 Å². The molecule has 2 atom stereocenters. The van der Waals surface area contributed by atoms with Gasteiger partial charge in [-0.1, -0.05) is 13.0 Å². The van der Waals surface area contributed by atoms with Gasteiger partial charge in [0.1, 0.15) is 0 Å². The molecule has 1 aliphatic heterocycles. The van der Waals surface area contributed by atoms with Crippen LogP contribution in [0.2, 0.25) is 0 Å². The largest absolute Gasteiger partial charge is 0.481 e. The number of carbonyl (C=O) groups is 2. The second-order valence-electron chi connectivity index (χ2n) is 5.39. The molecule has 1 heterocycles. The molecular weight excluding hydrogens is 345 g/mol. The lowest BCUT2D eigenvalue weighted by atomic mass is 9.96. The number of urea groups is 1. The maximum atomic E-state index is 12.9. The summed E-state index contributed by atoms with van der Waals surface area (Å²) in [6.07, 6.45) is -4.66. The maximum absolute atomic E-state index is 12.9. The number of halogens is 3. The minimum Gasteiger partial charge on any atom is -0.481 e. The number of carboxylic acid groups (broad SMARTS) is 1. The number of nitrogens with zero attached hydrogens (tertiary/aromatic N) is 1. The third-order valence-corrected chi connectivity index (χ3v) is 4.62. The maximum Gasteiger partial charge on any atom is 0.394 e. The summed E-state index contributed by atoms with van der Waals surface area (Å²) in [4.78, 5) is 25.0. The fourth-order valence-corrected chi connectivity index (χ4v) is 3.30. The number of thioether (sulfide) groups is 1. The molecule has 0 radical (unpaired) electrons. The first-order valence-corrected chi connectivity index (χ1v) is 8.29. The normalized spacial score (nSPS) is 20.9. The van der Waals surface area contributed by atoms with E-state index in [1.54, 1.807) is 30.0 Å². The Hall–Kier alpha value is -1.90. The molecule has 0 spiro atoms. The Morgan fingerprint density at radius 3 is 2.62 bits per heavy atom. The molecular formula is C15H17F3N2O3S. The first-order valence-electron chi connectivity index (χ1n) is 7.30. The van der Waals surface area contributed by atoms with Crippen LogP contribution in [0.25, 0.3) is 0 Å². The number of hydrogen-bond acceptors (Lipinski definition) is 3. The lowest BCUT2D eigenvalue weighted by Gasteiger charge is -2.19. The number of carbonyl (C=O) groups excluding carboxylic acids is 1. The monoisotopic (exact) mass is 362 g/mol. The summed E-state index contributed by atoms with van der Waals surface area (Å²) in [6.45, 7) is 0.855. The number of alkyl halides is 3. The van der Waals surface area contributed by atoms with Crippen molar-refractivity contribution in [1.82, 2.24) is 4.90 Å². The van der Waals surface area contributed by atoms with E-state index in [4.69, 9.17) is 5.11 Å². The topological polar surface area (TPSA) is 69.6 Å². The van der Waals surface area contributed by atoms with Crippen LogP contribution in [0.4, 0.5) is 23.7 Å². The summed E-state index contributed by atoms with van der Waals surface area (Å²) in [7, 11) is 0. The van der Waals surface area contributed by atoms with Crippen LogP contribution in [-0.4, -0.2) is 47.0 Å². The van der Waals surface area contributed by atoms with Gasteiger partial charge in [0.2, 0.25) is 0 Å². The predicted molar refractivity (Wildman–Crippen MR) is 84.1 cm³/mol. The van der Waals surface area contributed by atoms with Crippen molar-refractivity contribution < 1.29 is 27.9 Å². The highest BCUT2D eigenvalue weighted by molar-refractivity contribution is 7.99. The number of likely N-dealkylation sites (tertiary alicyclic amines) is 1. The summed E-state index contributed by atoms with van der Waals surface area (Å²) >= 11 is 1.57. The third-order valence-electron chi connectivity index (χ3n) is 3.74. The Morgan fingerprint density at radius 1 is 1.38 bits per heavy atom. The number of carboxylic acids is 1. The molecule has 0 unspecified atom stereocenters. The van der Waals surface area contributed by atoms with Crippen LogP contribution < -0.4 is 5.32 Å².